The summed E-state index contributed by atoms with van der Waals surface area (Å²) >= 11 is 3.35. The molecule has 0 aliphatic heterocycles. The minimum absolute atomic E-state index is 0.516. The molecule has 0 aliphatic carbocycles. The molecule has 0 aromatic heterocycles. The van der Waals surface area contributed by atoms with E-state index in [9.17, 15) is 4.79 Å². The SMILES string of the molecule is CC(C)(C)OC(=O)Nc1ccc(CBr)cc1C=N. The van der Waals surface area contributed by atoms with Gasteiger partial charge in [0.1, 0.15) is 5.60 Å². The first-order valence-electron chi connectivity index (χ1n) is 5.55. The molecule has 5 heteroatoms. The Hall–Kier alpha value is -1.36. The molecule has 0 heterocycles. The van der Waals surface area contributed by atoms with Gasteiger partial charge in [0.15, 0.2) is 0 Å². The lowest BCUT2D eigenvalue weighted by atomic mass is 10.1. The van der Waals surface area contributed by atoms with Gasteiger partial charge in [0.2, 0.25) is 0 Å². The first kappa shape index (κ1) is 14.7. The molecule has 0 fully saturated rings. The van der Waals surface area contributed by atoms with E-state index in [4.69, 9.17) is 10.1 Å². The van der Waals surface area contributed by atoms with Crippen molar-refractivity contribution in [3.63, 3.8) is 0 Å². The Kier molecular flexibility index (Phi) is 4.90. The van der Waals surface area contributed by atoms with Gasteiger partial charge in [0.25, 0.3) is 0 Å². The number of hydrogen-bond donors (Lipinski definition) is 2. The summed E-state index contributed by atoms with van der Waals surface area (Å²) in [5.41, 5.74) is 1.73. The van der Waals surface area contributed by atoms with Crippen molar-refractivity contribution in [2.24, 2.45) is 0 Å². The molecule has 0 spiro atoms. The number of rotatable bonds is 3. The predicted octanol–water partition coefficient (Wildman–Crippen LogP) is 3.93. The van der Waals surface area contributed by atoms with Crippen molar-refractivity contribution < 1.29 is 9.53 Å². The average molecular weight is 313 g/mol. The Morgan fingerprint density at radius 3 is 2.67 bits per heavy atom. The van der Waals surface area contributed by atoms with Crippen molar-refractivity contribution in [1.82, 2.24) is 0 Å². The van der Waals surface area contributed by atoms with E-state index in [1.165, 1.54) is 6.21 Å². The molecule has 18 heavy (non-hydrogen) atoms. The molecule has 4 nitrogen and oxygen atoms in total. The molecule has 1 rings (SSSR count). The quantitative estimate of drug-likeness (QED) is 0.656. The van der Waals surface area contributed by atoms with Crippen LogP contribution in [0.3, 0.4) is 0 Å². The van der Waals surface area contributed by atoms with Crippen LogP contribution < -0.4 is 5.32 Å². The van der Waals surface area contributed by atoms with Crippen LogP contribution >= 0.6 is 15.9 Å². The fourth-order valence-corrected chi connectivity index (χ4v) is 1.69. The molecule has 1 aromatic rings. The number of anilines is 1. The normalized spacial score (nSPS) is 10.9. The van der Waals surface area contributed by atoms with Gasteiger partial charge in [-0.05, 0) is 38.5 Å². The van der Waals surface area contributed by atoms with Gasteiger partial charge < -0.3 is 10.1 Å². The molecule has 0 unspecified atom stereocenters. The molecule has 1 aromatic carbocycles. The van der Waals surface area contributed by atoms with Gasteiger partial charge in [0.05, 0.1) is 5.69 Å². The number of nitrogens with one attached hydrogen (secondary N) is 2. The zero-order valence-corrected chi connectivity index (χ0v) is 12.3. The first-order chi connectivity index (χ1) is 8.35. The molecule has 98 valence electrons. The van der Waals surface area contributed by atoms with E-state index in [-0.39, 0.29) is 0 Å². The lowest BCUT2D eigenvalue weighted by Gasteiger charge is -2.20. The summed E-state index contributed by atoms with van der Waals surface area (Å²) in [7, 11) is 0. The standard InChI is InChI=1S/C13H17BrN2O2/c1-13(2,3)18-12(17)16-11-5-4-9(7-14)6-10(11)8-15/h4-6,8,15H,7H2,1-3H3,(H,16,17). The predicted molar refractivity (Wildman–Crippen MR) is 76.8 cm³/mol. The second kappa shape index (κ2) is 6.00. The topological polar surface area (TPSA) is 62.2 Å². The van der Waals surface area contributed by atoms with Crippen LogP contribution in [0.15, 0.2) is 18.2 Å². The van der Waals surface area contributed by atoms with E-state index in [1.54, 1.807) is 26.8 Å². The van der Waals surface area contributed by atoms with Gasteiger partial charge in [-0.3, -0.25) is 5.32 Å². The Morgan fingerprint density at radius 2 is 2.17 bits per heavy atom. The van der Waals surface area contributed by atoms with E-state index in [0.717, 1.165) is 5.56 Å². The van der Waals surface area contributed by atoms with Crippen LogP contribution in [0.4, 0.5) is 10.5 Å². The lowest BCUT2D eigenvalue weighted by Crippen LogP contribution is -2.27. The maximum atomic E-state index is 11.6. The number of alkyl halides is 1. The van der Waals surface area contributed by atoms with Crippen molar-refractivity contribution in [3.05, 3.63) is 29.3 Å². The minimum atomic E-state index is -0.537. The third kappa shape index (κ3) is 4.49. The number of hydrogen-bond acceptors (Lipinski definition) is 3. The van der Waals surface area contributed by atoms with Gasteiger partial charge in [-0.15, -0.1) is 0 Å². The number of carbonyl (C=O) groups is 1. The van der Waals surface area contributed by atoms with Gasteiger partial charge >= 0.3 is 6.09 Å². The van der Waals surface area contributed by atoms with Gasteiger partial charge in [0, 0.05) is 17.1 Å². The molecular formula is C13H17BrN2O2. The molecule has 0 saturated carbocycles. The number of benzene rings is 1. The van der Waals surface area contributed by atoms with Crippen LogP contribution in [0.1, 0.15) is 31.9 Å². The zero-order chi connectivity index (χ0) is 13.8. The molecular weight excluding hydrogens is 296 g/mol. The monoisotopic (exact) mass is 312 g/mol. The van der Waals surface area contributed by atoms with Crippen LogP contribution in [0.25, 0.3) is 0 Å². The summed E-state index contributed by atoms with van der Waals surface area (Å²) < 4.78 is 5.16. The van der Waals surface area contributed by atoms with E-state index in [2.05, 4.69) is 21.2 Å². The molecule has 0 bridgehead atoms. The van der Waals surface area contributed by atoms with Crippen LogP contribution in [0.5, 0.6) is 0 Å². The fraction of sp³-hybridized carbons (Fsp3) is 0.385. The number of carbonyl (C=O) groups excluding carboxylic acids is 1. The van der Waals surface area contributed by atoms with Crippen LogP contribution in [-0.4, -0.2) is 17.9 Å². The number of halogens is 1. The smallest absolute Gasteiger partial charge is 0.412 e. The van der Waals surface area contributed by atoms with E-state index < -0.39 is 11.7 Å². The third-order valence-corrected chi connectivity index (χ3v) is 2.71. The maximum Gasteiger partial charge on any atom is 0.412 e. The van der Waals surface area contributed by atoms with Crippen molar-refractivity contribution in [1.29, 1.82) is 5.41 Å². The van der Waals surface area contributed by atoms with E-state index >= 15 is 0 Å². The van der Waals surface area contributed by atoms with Crippen molar-refractivity contribution in [2.75, 3.05) is 5.32 Å². The summed E-state index contributed by atoms with van der Waals surface area (Å²) in [5.74, 6) is 0. The second-order valence-corrected chi connectivity index (χ2v) is 5.39. The van der Waals surface area contributed by atoms with Gasteiger partial charge in [-0.1, -0.05) is 22.0 Å². The lowest BCUT2D eigenvalue weighted by molar-refractivity contribution is 0.0636. The number of ether oxygens (including phenoxy) is 1. The number of amides is 1. The van der Waals surface area contributed by atoms with Gasteiger partial charge in [-0.2, -0.15) is 0 Å². The highest BCUT2D eigenvalue weighted by atomic mass is 79.9. The first-order valence-corrected chi connectivity index (χ1v) is 6.67. The van der Waals surface area contributed by atoms with Crippen LogP contribution in [0, 0.1) is 5.41 Å². The van der Waals surface area contributed by atoms with E-state index in [1.807, 2.05) is 12.1 Å². The largest absolute Gasteiger partial charge is 0.444 e. The Balaban J connectivity index is 2.84. The average Bonchev–Trinajstić information content (AvgIpc) is 2.27. The molecule has 0 saturated heterocycles. The Bertz CT molecular complexity index is 453. The molecule has 2 N–H and O–H groups in total. The Labute approximate surface area is 115 Å². The van der Waals surface area contributed by atoms with Crippen LogP contribution in [-0.2, 0) is 10.1 Å². The third-order valence-electron chi connectivity index (χ3n) is 2.06. The highest BCUT2D eigenvalue weighted by Gasteiger charge is 2.16. The minimum Gasteiger partial charge on any atom is -0.444 e. The summed E-state index contributed by atoms with van der Waals surface area (Å²) in [6.45, 7) is 5.41. The van der Waals surface area contributed by atoms with Crippen molar-refractivity contribution in [2.45, 2.75) is 31.7 Å². The van der Waals surface area contributed by atoms with Crippen LogP contribution in [0.2, 0.25) is 0 Å². The summed E-state index contributed by atoms with van der Waals surface area (Å²) in [4.78, 5) is 11.6. The highest BCUT2D eigenvalue weighted by Crippen LogP contribution is 2.18. The van der Waals surface area contributed by atoms with Crippen molar-refractivity contribution in [3.8, 4) is 0 Å². The van der Waals surface area contributed by atoms with Crippen molar-refractivity contribution >= 4 is 33.9 Å². The fourth-order valence-electron chi connectivity index (χ4n) is 1.34. The summed E-state index contributed by atoms with van der Waals surface area (Å²) in [6, 6.07) is 5.49. The highest BCUT2D eigenvalue weighted by molar-refractivity contribution is 9.08. The second-order valence-electron chi connectivity index (χ2n) is 4.83. The summed E-state index contributed by atoms with van der Waals surface area (Å²) in [5, 5.41) is 10.7. The molecule has 0 atom stereocenters. The zero-order valence-electron chi connectivity index (χ0n) is 10.7. The summed E-state index contributed by atoms with van der Waals surface area (Å²) in [6.07, 6.45) is 0.691. The van der Waals surface area contributed by atoms with Gasteiger partial charge in [-0.25, -0.2) is 4.79 Å². The molecule has 0 aliphatic rings. The Morgan fingerprint density at radius 1 is 1.50 bits per heavy atom. The van der Waals surface area contributed by atoms with E-state index in [0.29, 0.717) is 16.6 Å². The maximum absolute atomic E-state index is 11.6. The molecule has 1 amide bonds. The molecule has 0 radical (unpaired) electrons.